The monoisotopic (exact) mass is 211 g/mol. The molecule has 0 saturated carbocycles. The van der Waals surface area contributed by atoms with Crippen molar-refractivity contribution in [3.63, 3.8) is 0 Å². The first-order valence-corrected chi connectivity index (χ1v) is 4.78. The summed E-state index contributed by atoms with van der Waals surface area (Å²) in [4.78, 5) is 21.4. The Labute approximate surface area is 84.9 Å². The zero-order valence-corrected chi connectivity index (χ0v) is 8.30. The molecule has 1 aromatic heterocycles. The highest BCUT2D eigenvalue weighted by atomic mass is 32.1. The topological polar surface area (TPSA) is 66.4 Å². The molecule has 0 saturated heterocycles. The second-order valence-electron chi connectivity index (χ2n) is 2.60. The molecule has 0 atom stereocenters. The highest BCUT2D eigenvalue weighted by Gasteiger charge is 2.08. The fraction of sp³-hybridized carbons (Fsp3) is 0.111. The van der Waals surface area contributed by atoms with Gasteiger partial charge in [0.25, 0.3) is 0 Å². The number of nitrogens with one attached hydrogen (secondary N) is 1. The predicted octanol–water partition coefficient (Wildman–Crippen LogP) is 1.31. The van der Waals surface area contributed by atoms with Crippen LogP contribution in [0.3, 0.4) is 0 Å². The maximum Gasteiger partial charge on any atom is 0.352 e. The summed E-state index contributed by atoms with van der Waals surface area (Å²) >= 11 is 1.46. The number of carboxylic acid groups (broad SMARTS) is 1. The number of carbonyl (C=O) groups is 2. The second-order valence-corrected chi connectivity index (χ2v) is 3.38. The van der Waals surface area contributed by atoms with Gasteiger partial charge in [0, 0.05) is 6.92 Å². The van der Waals surface area contributed by atoms with Crippen molar-refractivity contribution >= 4 is 29.3 Å². The van der Waals surface area contributed by atoms with Crippen molar-refractivity contribution < 1.29 is 14.7 Å². The maximum absolute atomic E-state index is 10.7. The van der Waals surface area contributed by atoms with Crippen LogP contribution in [0.25, 0.3) is 6.08 Å². The van der Waals surface area contributed by atoms with Crippen molar-refractivity contribution in [1.29, 1.82) is 0 Å². The van der Waals surface area contributed by atoms with Crippen LogP contribution in [0.15, 0.2) is 22.5 Å². The summed E-state index contributed by atoms with van der Waals surface area (Å²) in [6.07, 6.45) is 1.42. The van der Waals surface area contributed by atoms with E-state index in [1.165, 1.54) is 24.3 Å². The quantitative estimate of drug-likeness (QED) is 0.741. The Bertz CT molecular complexity index is 367. The predicted molar refractivity (Wildman–Crippen MR) is 53.7 cm³/mol. The highest BCUT2D eigenvalue weighted by molar-refractivity contribution is 7.08. The highest BCUT2D eigenvalue weighted by Crippen LogP contribution is 2.09. The number of amides is 1. The normalized spacial score (nSPS) is 11.1. The van der Waals surface area contributed by atoms with Gasteiger partial charge in [-0.25, -0.2) is 4.79 Å². The van der Waals surface area contributed by atoms with Crippen LogP contribution in [0.4, 0.5) is 0 Å². The molecule has 0 aromatic carbocycles. The van der Waals surface area contributed by atoms with Gasteiger partial charge in [0.1, 0.15) is 5.70 Å². The molecule has 14 heavy (non-hydrogen) atoms. The minimum atomic E-state index is -1.15. The minimum Gasteiger partial charge on any atom is -0.477 e. The first-order chi connectivity index (χ1) is 6.59. The number of carboxylic acids is 1. The van der Waals surface area contributed by atoms with E-state index in [9.17, 15) is 9.59 Å². The summed E-state index contributed by atoms with van der Waals surface area (Å²) in [7, 11) is 0. The average Bonchev–Trinajstić information content (AvgIpc) is 2.54. The molecule has 0 fully saturated rings. The van der Waals surface area contributed by atoms with Crippen LogP contribution in [0.2, 0.25) is 0 Å². The number of hydrogen-bond donors (Lipinski definition) is 2. The maximum atomic E-state index is 10.7. The zero-order chi connectivity index (χ0) is 10.6. The fourth-order valence-corrected chi connectivity index (χ4v) is 1.48. The van der Waals surface area contributed by atoms with Gasteiger partial charge in [-0.3, -0.25) is 4.79 Å². The van der Waals surface area contributed by atoms with E-state index in [1.54, 1.807) is 11.4 Å². The van der Waals surface area contributed by atoms with Gasteiger partial charge in [0.15, 0.2) is 0 Å². The molecule has 0 radical (unpaired) electrons. The molecule has 1 heterocycles. The van der Waals surface area contributed by atoms with Gasteiger partial charge in [-0.1, -0.05) is 0 Å². The number of carbonyl (C=O) groups excluding carboxylic acids is 1. The van der Waals surface area contributed by atoms with E-state index in [1.807, 2.05) is 5.38 Å². The molecule has 1 amide bonds. The number of rotatable bonds is 3. The molecule has 5 heteroatoms. The summed E-state index contributed by atoms with van der Waals surface area (Å²) in [6, 6.07) is 1.77. The van der Waals surface area contributed by atoms with Crippen molar-refractivity contribution in [2.45, 2.75) is 6.92 Å². The molecule has 0 aliphatic carbocycles. The van der Waals surface area contributed by atoms with Crippen molar-refractivity contribution in [3.05, 3.63) is 28.1 Å². The van der Waals surface area contributed by atoms with Gasteiger partial charge in [0.2, 0.25) is 5.91 Å². The zero-order valence-electron chi connectivity index (χ0n) is 7.48. The van der Waals surface area contributed by atoms with Crippen LogP contribution in [0, 0.1) is 0 Å². The van der Waals surface area contributed by atoms with E-state index in [2.05, 4.69) is 5.32 Å². The van der Waals surface area contributed by atoms with Crippen molar-refractivity contribution in [1.82, 2.24) is 5.32 Å². The Morgan fingerprint density at radius 3 is 2.71 bits per heavy atom. The second kappa shape index (κ2) is 4.57. The molecule has 0 aliphatic rings. The molecule has 74 valence electrons. The van der Waals surface area contributed by atoms with Crippen LogP contribution in [-0.4, -0.2) is 17.0 Å². The molecule has 0 unspecified atom stereocenters. The number of hydrogen-bond acceptors (Lipinski definition) is 3. The van der Waals surface area contributed by atoms with E-state index >= 15 is 0 Å². The van der Waals surface area contributed by atoms with Gasteiger partial charge >= 0.3 is 5.97 Å². The molecule has 4 nitrogen and oxygen atoms in total. The van der Waals surface area contributed by atoms with Gasteiger partial charge in [-0.15, -0.1) is 0 Å². The van der Waals surface area contributed by atoms with Gasteiger partial charge in [0.05, 0.1) is 0 Å². The van der Waals surface area contributed by atoms with Crippen LogP contribution in [0.1, 0.15) is 12.5 Å². The first-order valence-electron chi connectivity index (χ1n) is 3.84. The molecule has 0 bridgehead atoms. The molecule has 0 aliphatic heterocycles. The Kier molecular flexibility index (Phi) is 3.41. The summed E-state index contributed by atoms with van der Waals surface area (Å²) < 4.78 is 0. The summed E-state index contributed by atoms with van der Waals surface area (Å²) in [5, 5.41) is 14.6. The van der Waals surface area contributed by atoms with Gasteiger partial charge in [-0.2, -0.15) is 11.3 Å². The molecular formula is C9H9NO3S. The third-order valence-electron chi connectivity index (χ3n) is 1.40. The smallest absolute Gasteiger partial charge is 0.352 e. The Balaban J connectivity index is 2.88. The summed E-state index contributed by atoms with van der Waals surface area (Å²) in [5.74, 6) is -1.54. The molecule has 0 spiro atoms. The SMILES string of the molecule is CC(=O)N/C(=C/c1ccsc1)C(=O)O. The summed E-state index contributed by atoms with van der Waals surface area (Å²) in [5.41, 5.74) is 0.650. The standard InChI is InChI=1S/C9H9NO3S/c1-6(11)10-8(9(12)13)4-7-2-3-14-5-7/h2-5H,1H3,(H,10,11)(H,12,13)/b8-4+. The largest absolute Gasteiger partial charge is 0.477 e. The lowest BCUT2D eigenvalue weighted by Gasteiger charge is -2.01. The van der Waals surface area contributed by atoms with E-state index in [4.69, 9.17) is 5.11 Å². The van der Waals surface area contributed by atoms with Gasteiger partial charge < -0.3 is 10.4 Å². The third kappa shape index (κ3) is 3.02. The fourth-order valence-electron chi connectivity index (χ4n) is 0.865. The lowest BCUT2D eigenvalue weighted by atomic mass is 10.2. The third-order valence-corrected chi connectivity index (χ3v) is 2.10. The molecular weight excluding hydrogens is 202 g/mol. The Morgan fingerprint density at radius 2 is 2.29 bits per heavy atom. The van der Waals surface area contributed by atoms with Crippen LogP contribution in [0.5, 0.6) is 0 Å². The van der Waals surface area contributed by atoms with Crippen LogP contribution < -0.4 is 5.32 Å². The van der Waals surface area contributed by atoms with E-state index in [-0.39, 0.29) is 5.70 Å². The Morgan fingerprint density at radius 1 is 1.57 bits per heavy atom. The number of aliphatic carboxylic acids is 1. The van der Waals surface area contributed by atoms with Crippen molar-refractivity contribution in [2.75, 3.05) is 0 Å². The van der Waals surface area contributed by atoms with E-state index in [0.717, 1.165) is 5.56 Å². The van der Waals surface area contributed by atoms with E-state index in [0.29, 0.717) is 0 Å². The lowest BCUT2D eigenvalue weighted by molar-refractivity contribution is -0.134. The van der Waals surface area contributed by atoms with Crippen molar-refractivity contribution in [3.8, 4) is 0 Å². The van der Waals surface area contributed by atoms with Crippen LogP contribution in [-0.2, 0) is 9.59 Å². The molecule has 1 aromatic rings. The summed E-state index contributed by atoms with van der Waals surface area (Å²) in [6.45, 7) is 1.27. The minimum absolute atomic E-state index is 0.115. The number of thiophene rings is 1. The first kappa shape index (κ1) is 10.5. The molecule has 2 N–H and O–H groups in total. The Hall–Kier alpha value is -1.62. The van der Waals surface area contributed by atoms with E-state index < -0.39 is 11.9 Å². The lowest BCUT2D eigenvalue weighted by Crippen LogP contribution is -2.24. The van der Waals surface area contributed by atoms with Crippen LogP contribution >= 0.6 is 11.3 Å². The average molecular weight is 211 g/mol. The van der Waals surface area contributed by atoms with Gasteiger partial charge in [-0.05, 0) is 28.5 Å². The van der Waals surface area contributed by atoms with Crippen molar-refractivity contribution in [2.24, 2.45) is 0 Å². The molecule has 1 rings (SSSR count).